The standard InChI is InChI=1S/C16H15N3O2/c1-21-13-9-7-12(8-10-13)16(11-5-3-2-4-6-11)14(20)18-15(17)19-16/h2-10H,1H3,(H3,17,18,19,20). The normalized spacial score (nSPS) is 20.8. The number of hydrogen-bond acceptors (Lipinski definition) is 4. The van der Waals surface area contributed by atoms with E-state index in [-0.39, 0.29) is 11.9 Å². The van der Waals surface area contributed by atoms with Gasteiger partial charge >= 0.3 is 0 Å². The molecule has 0 spiro atoms. The fourth-order valence-electron chi connectivity index (χ4n) is 2.54. The minimum atomic E-state index is -1.14. The van der Waals surface area contributed by atoms with Gasteiger partial charge in [-0.3, -0.25) is 10.1 Å². The number of nitrogens with two attached hydrogens (primary N) is 1. The van der Waals surface area contributed by atoms with E-state index in [2.05, 4.69) is 10.3 Å². The summed E-state index contributed by atoms with van der Waals surface area (Å²) >= 11 is 0. The van der Waals surface area contributed by atoms with Crippen molar-refractivity contribution in [3.05, 3.63) is 65.7 Å². The zero-order valence-corrected chi connectivity index (χ0v) is 11.5. The van der Waals surface area contributed by atoms with Crippen molar-refractivity contribution in [2.45, 2.75) is 5.54 Å². The second kappa shape index (κ2) is 4.94. The number of rotatable bonds is 3. The first-order chi connectivity index (χ1) is 10.2. The van der Waals surface area contributed by atoms with Crippen LogP contribution in [0.1, 0.15) is 11.1 Å². The Kier molecular flexibility index (Phi) is 3.10. The van der Waals surface area contributed by atoms with Crippen LogP contribution < -0.4 is 15.8 Å². The van der Waals surface area contributed by atoms with Gasteiger partial charge < -0.3 is 10.5 Å². The van der Waals surface area contributed by atoms with Crippen LogP contribution in [0, 0.1) is 0 Å². The summed E-state index contributed by atoms with van der Waals surface area (Å²) in [7, 11) is 1.60. The summed E-state index contributed by atoms with van der Waals surface area (Å²) in [4.78, 5) is 16.9. The first-order valence-electron chi connectivity index (χ1n) is 6.53. The Morgan fingerprint density at radius 1 is 1.05 bits per heavy atom. The molecule has 1 atom stereocenters. The second-order valence-electron chi connectivity index (χ2n) is 4.76. The van der Waals surface area contributed by atoms with Crippen LogP contribution in [0.2, 0.25) is 0 Å². The Morgan fingerprint density at radius 3 is 2.19 bits per heavy atom. The molecule has 0 aliphatic carbocycles. The quantitative estimate of drug-likeness (QED) is 0.892. The summed E-state index contributed by atoms with van der Waals surface area (Å²) in [6, 6.07) is 16.6. The van der Waals surface area contributed by atoms with E-state index >= 15 is 0 Å². The molecule has 0 saturated carbocycles. The maximum atomic E-state index is 12.5. The lowest BCUT2D eigenvalue weighted by Gasteiger charge is -2.24. The van der Waals surface area contributed by atoms with Gasteiger partial charge in [0.25, 0.3) is 5.91 Å². The van der Waals surface area contributed by atoms with Gasteiger partial charge in [-0.1, -0.05) is 42.5 Å². The van der Waals surface area contributed by atoms with Crippen LogP contribution in [0.5, 0.6) is 5.75 Å². The van der Waals surface area contributed by atoms with Crippen LogP contribution in [-0.2, 0) is 10.3 Å². The Morgan fingerprint density at radius 2 is 1.67 bits per heavy atom. The van der Waals surface area contributed by atoms with Gasteiger partial charge in [0, 0.05) is 0 Å². The maximum absolute atomic E-state index is 12.5. The van der Waals surface area contributed by atoms with Crippen molar-refractivity contribution in [2.75, 3.05) is 7.11 Å². The van der Waals surface area contributed by atoms with Crippen LogP contribution in [-0.4, -0.2) is 19.0 Å². The molecule has 0 saturated heterocycles. The zero-order chi connectivity index (χ0) is 14.9. The van der Waals surface area contributed by atoms with E-state index in [1.807, 2.05) is 42.5 Å². The van der Waals surface area contributed by atoms with E-state index in [0.29, 0.717) is 0 Å². The van der Waals surface area contributed by atoms with Crippen molar-refractivity contribution >= 4 is 11.9 Å². The minimum absolute atomic E-state index is 0.125. The molecule has 1 amide bonds. The van der Waals surface area contributed by atoms with Crippen molar-refractivity contribution in [3.63, 3.8) is 0 Å². The largest absolute Gasteiger partial charge is 0.497 e. The molecule has 106 valence electrons. The lowest BCUT2D eigenvalue weighted by atomic mass is 9.83. The van der Waals surface area contributed by atoms with Gasteiger partial charge in [0.2, 0.25) is 0 Å². The Hall–Kier alpha value is -2.82. The van der Waals surface area contributed by atoms with Gasteiger partial charge in [-0.15, -0.1) is 0 Å². The third kappa shape index (κ3) is 2.03. The Balaban J connectivity index is 2.20. The first-order valence-corrected chi connectivity index (χ1v) is 6.53. The van der Waals surface area contributed by atoms with Crippen LogP contribution >= 0.6 is 0 Å². The predicted molar refractivity (Wildman–Crippen MR) is 80.0 cm³/mol. The molecule has 2 aromatic rings. The molecule has 3 N–H and O–H groups in total. The third-order valence-corrected chi connectivity index (χ3v) is 3.56. The summed E-state index contributed by atoms with van der Waals surface area (Å²) < 4.78 is 5.16. The second-order valence-corrected chi connectivity index (χ2v) is 4.76. The number of nitrogens with zero attached hydrogens (tertiary/aromatic N) is 1. The molecule has 1 aliphatic rings. The van der Waals surface area contributed by atoms with Crippen LogP contribution in [0.25, 0.3) is 0 Å². The summed E-state index contributed by atoms with van der Waals surface area (Å²) in [6.45, 7) is 0. The van der Waals surface area contributed by atoms with Gasteiger partial charge in [0.05, 0.1) is 7.11 Å². The molecule has 2 aromatic carbocycles. The van der Waals surface area contributed by atoms with Crippen LogP contribution in [0.3, 0.4) is 0 Å². The number of benzene rings is 2. The summed E-state index contributed by atoms with van der Waals surface area (Å²) in [6.07, 6.45) is 0. The van der Waals surface area contributed by atoms with Gasteiger partial charge in [-0.25, -0.2) is 4.99 Å². The van der Waals surface area contributed by atoms with E-state index in [4.69, 9.17) is 10.5 Å². The molecule has 1 unspecified atom stereocenters. The SMILES string of the molecule is COc1ccc(C2(c3ccccc3)N=C(N)NC2=O)cc1. The third-order valence-electron chi connectivity index (χ3n) is 3.56. The fourth-order valence-corrected chi connectivity index (χ4v) is 2.54. The molecule has 0 radical (unpaired) electrons. The van der Waals surface area contributed by atoms with Crippen molar-refractivity contribution < 1.29 is 9.53 Å². The lowest BCUT2D eigenvalue weighted by Crippen LogP contribution is -2.39. The smallest absolute Gasteiger partial charge is 0.263 e. The van der Waals surface area contributed by atoms with Gasteiger partial charge in [-0.05, 0) is 23.3 Å². The van der Waals surface area contributed by atoms with E-state index in [1.165, 1.54) is 0 Å². The highest BCUT2D eigenvalue weighted by molar-refractivity contribution is 6.09. The highest BCUT2D eigenvalue weighted by atomic mass is 16.5. The molecule has 0 fully saturated rings. The highest BCUT2D eigenvalue weighted by Crippen LogP contribution is 2.37. The minimum Gasteiger partial charge on any atom is -0.497 e. The number of aliphatic imine (C=N–C) groups is 1. The van der Waals surface area contributed by atoms with Crippen molar-refractivity contribution in [3.8, 4) is 5.75 Å². The van der Waals surface area contributed by atoms with Crippen molar-refractivity contribution in [1.82, 2.24) is 5.32 Å². The van der Waals surface area contributed by atoms with Crippen LogP contribution in [0.15, 0.2) is 59.6 Å². The van der Waals surface area contributed by atoms with Crippen molar-refractivity contribution in [2.24, 2.45) is 10.7 Å². The lowest BCUT2D eigenvalue weighted by molar-refractivity contribution is -0.122. The van der Waals surface area contributed by atoms with Crippen molar-refractivity contribution in [1.29, 1.82) is 0 Å². The van der Waals surface area contributed by atoms with Gasteiger partial charge in [0.15, 0.2) is 11.5 Å². The summed E-state index contributed by atoms with van der Waals surface area (Å²) in [5, 5.41) is 2.59. The summed E-state index contributed by atoms with van der Waals surface area (Å²) in [5.41, 5.74) is 6.10. The number of carbonyl (C=O) groups excluding carboxylic acids is 1. The first kappa shape index (κ1) is 13.2. The highest BCUT2D eigenvalue weighted by Gasteiger charge is 2.46. The molecule has 1 heterocycles. The number of ether oxygens (including phenoxy) is 1. The topological polar surface area (TPSA) is 76.7 Å². The number of nitrogens with one attached hydrogen (secondary N) is 1. The molecule has 1 aliphatic heterocycles. The monoisotopic (exact) mass is 281 g/mol. The molecule has 21 heavy (non-hydrogen) atoms. The Labute approximate surface area is 122 Å². The maximum Gasteiger partial charge on any atom is 0.263 e. The number of amides is 1. The molecule has 5 heteroatoms. The van der Waals surface area contributed by atoms with Gasteiger partial charge in [-0.2, -0.15) is 0 Å². The summed E-state index contributed by atoms with van der Waals surface area (Å²) in [5.74, 6) is 0.591. The molecule has 5 nitrogen and oxygen atoms in total. The zero-order valence-electron chi connectivity index (χ0n) is 11.5. The van der Waals surface area contributed by atoms with E-state index in [0.717, 1.165) is 16.9 Å². The molecule has 0 bridgehead atoms. The molecular formula is C16H15N3O2. The van der Waals surface area contributed by atoms with E-state index in [1.54, 1.807) is 19.2 Å². The van der Waals surface area contributed by atoms with Gasteiger partial charge in [0.1, 0.15) is 5.75 Å². The van der Waals surface area contributed by atoms with Crippen LogP contribution in [0.4, 0.5) is 0 Å². The number of hydrogen-bond donors (Lipinski definition) is 2. The molecule has 3 rings (SSSR count). The number of methoxy groups -OCH3 is 1. The average Bonchev–Trinajstić information content (AvgIpc) is 2.84. The average molecular weight is 281 g/mol. The van der Waals surface area contributed by atoms with E-state index < -0.39 is 5.54 Å². The Bertz CT molecular complexity index is 695. The predicted octanol–water partition coefficient (Wildman–Crippen LogP) is 1.38. The molecule has 0 aromatic heterocycles. The number of guanidine groups is 1. The van der Waals surface area contributed by atoms with E-state index in [9.17, 15) is 4.79 Å². The number of carbonyl (C=O) groups is 1. The molecular weight excluding hydrogens is 266 g/mol. The fraction of sp³-hybridized carbons (Fsp3) is 0.125.